The second-order valence-electron chi connectivity index (χ2n) is 3.94. The predicted octanol–water partition coefficient (Wildman–Crippen LogP) is 0.865. The molecule has 0 aliphatic carbocycles. The van der Waals surface area contributed by atoms with E-state index in [-0.39, 0.29) is 29.7 Å². The number of hydrogen-bond acceptors (Lipinski definition) is 4. The topological polar surface area (TPSA) is 83.5 Å². The lowest BCUT2D eigenvalue weighted by atomic mass is 10.1. The zero-order chi connectivity index (χ0) is 13.8. The Balaban J connectivity index is 2.64. The normalized spacial score (nSPS) is 11.2. The predicted molar refractivity (Wildman–Crippen MR) is 69.5 cm³/mol. The Morgan fingerprint density at radius 3 is 2.67 bits per heavy atom. The zero-order valence-corrected chi connectivity index (χ0v) is 11.3. The molecule has 0 saturated heterocycles. The molecule has 1 amide bonds. The Morgan fingerprint density at radius 1 is 1.39 bits per heavy atom. The molecular weight excluding hydrogens is 254 g/mol. The number of carbonyl (C=O) groups is 1. The van der Waals surface area contributed by atoms with Gasteiger partial charge in [0.2, 0.25) is 0 Å². The van der Waals surface area contributed by atoms with Gasteiger partial charge in [-0.1, -0.05) is 13.0 Å². The summed E-state index contributed by atoms with van der Waals surface area (Å²) in [6.07, 6.45) is 0. The number of rotatable bonds is 5. The molecule has 100 valence electrons. The Morgan fingerprint density at radius 2 is 2.06 bits per heavy atom. The zero-order valence-electron chi connectivity index (χ0n) is 10.4. The second kappa shape index (κ2) is 5.86. The average Bonchev–Trinajstić information content (AvgIpc) is 2.32. The summed E-state index contributed by atoms with van der Waals surface area (Å²) in [6.45, 7) is 3.27. The van der Waals surface area contributed by atoms with Gasteiger partial charge in [0.25, 0.3) is 5.91 Å². The summed E-state index contributed by atoms with van der Waals surface area (Å²) in [5.41, 5.74) is 0.831. The third-order valence-corrected chi connectivity index (χ3v) is 4.39. The highest BCUT2D eigenvalue weighted by Gasteiger charge is 2.12. The standard InChI is InChI=1S/C12H17NO4S/c1-3-18(16,17)8-7-13-12(15)10-5-4-6-11(14)9(10)2/h4-6,14H,3,7-8H2,1-2H3,(H,13,15). The lowest BCUT2D eigenvalue weighted by molar-refractivity contribution is 0.0955. The van der Waals surface area contributed by atoms with Gasteiger partial charge in [0.05, 0.1) is 5.75 Å². The fourth-order valence-electron chi connectivity index (χ4n) is 1.43. The quantitative estimate of drug-likeness (QED) is 0.832. The van der Waals surface area contributed by atoms with E-state index in [0.717, 1.165) is 0 Å². The second-order valence-corrected chi connectivity index (χ2v) is 6.41. The SMILES string of the molecule is CCS(=O)(=O)CCNC(=O)c1cccc(O)c1C. The van der Waals surface area contributed by atoms with Gasteiger partial charge in [-0.05, 0) is 19.1 Å². The largest absolute Gasteiger partial charge is 0.508 e. The molecule has 0 heterocycles. The fraction of sp³-hybridized carbons (Fsp3) is 0.417. The van der Waals surface area contributed by atoms with Crippen molar-refractivity contribution in [2.75, 3.05) is 18.1 Å². The summed E-state index contributed by atoms with van der Waals surface area (Å²) < 4.78 is 22.5. The van der Waals surface area contributed by atoms with Crippen molar-refractivity contribution in [2.45, 2.75) is 13.8 Å². The van der Waals surface area contributed by atoms with E-state index in [2.05, 4.69) is 5.32 Å². The van der Waals surface area contributed by atoms with Gasteiger partial charge in [0.15, 0.2) is 9.84 Å². The molecule has 0 unspecified atom stereocenters. The first kappa shape index (κ1) is 14.5. The minimum Gasteiger partial charge on any atom is -0.508 e. The van der Waals surface area contributed by atoms with Gasteiger partial charge in [-0.3, -0.25) is 4.79 Å². The summed E-state index contributed by atoms with van der Waals surface area (Å²) in [7, 11) is -3.08. The van der Waals surface area contributed by atoms with E-state index in [1.807, 2.05) is 0 Å². The van der Waals surface area contributed by atoms with Crippen LogP contribution < -0.4 is 5.32 Å². The van der Waals surface area contributed by atoms with E-state index in [1.54, 1.807) is 26.0 Å². The van der Waals surface area contributed by atoms with Crippen LogP contribution in [0, 0.1) is 6.92 Å². The van der Waals surface area contributed by atoms with Gasteiger partial charge in [0, 0.05) is 23.4 Å². The molecule has 2 N–H and O–H groups in total. The first-order valence-corrected chi connectivity index (χ1v) is 7.46. The molecule has 1 aromatic rings. The van der Waals surface area contributed by atoms with E-state index in [0.29, 0.717) is 11.1 Å². The molecular formula is C12H17NO4S. The van der Waals surface area contributed by atoms with Gasteiger partial charge in [-0.15, -0.1) is 0 Å². The third kappa shape index (κ3) is 3.73. The number of carbonyl (C=O) groups excluding carboxylic acids is 1. The van der Waals surface area contributed by atoms with Crippen LogP contribution in [0.5, 0.6) is 5.75 Å². The highest BCUT2D eigenvalue weighted by atomic mass is 32.2. The van der Waals surface area contributed by atoms with Crippen LogP contribution in [0.3, 0.4) is 0 Å². The van der Waals surface area contributed by atoms with Crippen molar-refractivity contribution in [3.63, 3.8) is 0 Å². The number of phenols is 1. The maximum Gasteiger partial charge on any atom is 0.251 e. The highest BCUT2D eigenvalue weighted by Crippen LogP contribution is 2.19. The molecule has 1 rings (SSSR count). The van der Waals surface area contributed by atoms with Crippen molar-refractivity contribution in [2.24, 2.45) is 0 Å². The Labute approximate surface area is 107 Å². The molecule has 0 bridgehead atoms. The average molecular weight is 271 g/mol. The first-order valence-electron chi connectivity index (χ1n) is 5.64. The van der Waals surface area contributed by atoms with Gasteiger partial charge in [-0.25, -0.2) is 8.42 Å². The van der Waals surface area contributed by atoms with E-state index < -0.39 is 9.84 Å². The summed E-state index contributed by atoms with van der Waals surface area (Å²) in [5, 5.41) is 12.0. The molecule has 6 heteroatoms. The molecule has 0 aliphatic rings. The van der Waals surface area contributed by atoms with Crippen LogP contribution in [-0.4, -0.2) is 37.5 Å². The minimum absolute atomic E-state index is 0.0452. The van der Waals surface area contributed by atoms with Crippen molar-refractivity contribution in [3.05, 3.63) is 29.3 Å². The van der Waals surface area contributed by atoms with E-state index >= 15 is 0 Å². The number of hydrogen-bond donors (Lipinski definition) is 2. The fourth-order valence-corrected chi connectivity index (χ4v) is 2.13. The first-order chi connectivity index (χ1) is 8.37. The van der Waals surface area contributed by atoms with Gasteiger partial charge >= 0.3 is 0 Å². The van der Waals surface area contributed by atoms with Crippen LogP contribution in [0.1, 0.15) is 22.8 Å². The summed E-state index contributed by atoms with van der Waals surface area (Å²) >= 11 is 0. The molecule has 0 radical (unpaired) electrons. The number of phenolic OH excluding ortho intramolecular Hbond substituents is 1. The monoisotopic (exact) mass is 271 g/mol. The Bertz CT molecular complexity index is 537. The van der Waals surface area contributed by atoms with Crippen molar-refractivity contribution in [1.82, 2.24) is 5.32 Å². The van der Waals surface area contributed by atoms with Crippen molar-refractivity contribution in [3.8, 4) is 5.75 Å². The van der Waals surface area contributed by atoms with Crippen molar-refractivity contribution >= 4 is 15.7 Å². The van der Waals surface area contributed by atoms with Crippen LogP contribution in [0.25, 0.3) is 0 Å². The third-order valence-electron chi connectivity index (χ3n) is 2.69. The lowest BCUT2D eigenvalue weighted by Crippen LogP contribution is -2.30. The van der Waals surface area contributed by atoms with Gasteiger partial charge in [0.1, 0.15) is 5.75 Å². The molecule has 0 saturated carbocycles. The maximum atomic E-state index is 11.8. The van der Waals surface area contributed by atoms with Crippen LogP contribution in [0.2, 0.25) is 0 Å². The molecule has 0 atom stereocenters. The van der Waals surface area contributed by atoms with Crippen LogP contribution in [0.4, 0.5) is 0 Å². The van der Waals surface area contributed by atoms with Crippen LogP contribution in [0.15, 0.2) is 18.2 Å². The van der Waals surface area contributed by atoms with E-state index in [1.165, 1.54) is 6.07 Å². The minimum atomic E-state index is -3.08. The highest BCUT2D eigenvalue weighted by molar-refractivity contribution is 7.91. The molecule has 1 aromatic carbocycles. The molecule has 0 aromatic heterocycles. The van der Waals surface area contributed by atoms with Gasteiger partial charge in [-0.2, -0.15) is 0 Å². The number of benzene rings is 1. The van der Waals surface area contributed by atoms with Crippen molar-refractivity contribution < 1.29 is 18.3 Å². The van der Waals surface area contributed by atoms with Crippen LogP contribution in [-0.2, 0) is 9.84 Å². The number of nitrogens with one attached hydrogen (secondary N) is 1. The number of aromatic hydroxyl groups is 1. The Hall–Kier alpha value is -1.56. The van der Waals surface area contributed by atoms with Gasteiger partial charge < -0.3 is 10.4 Å². The molecule has 18 heavy (non-hydrogen) atoms. The summed E-state index contributed by atoms with van der Waals surface area (Å²) in [6, 6.07) is 4.65. The van der Waals surface area contributed by atoms with E-state index in [9.17, 15) is 18.3 Å². The molecule has 0 aliphatic heterocycles. The van der Waals surface area contributed by atoms with Crippen molar-refractivity contribution in [1.29, 1.82) is 0 Å². The molecule has 0 spiro atoms. The summed E-state index contributed by atoms with van der Waals surface area (Å²) in [4.78, 5) is 11.8. The number of sulfone groups is 1. The lowest BCUT2D eigenvalue weighted by Gasteiger charge is -2.08. The smallest absolute Gasteiger partial charge is 0.251 e. The van der Waals surface area contributed by atoms with E-state index in [4.69, 9.17) is 0 Å². The maximum absolute atomic E-state index is 11.8. The molecule has 0 fully saturated rings. The molecule has 5 nitrogen and oxygen atoms in total. The summed E-state index contributed by atoms with van der Waals surface area (Å²) in [5.74, 6) is -0.347. The number of amides is 1. The van der Waals surface area contributed by atoms with Crippen LogP contribution >= 0.6 is 0 Å². The Kier molecular flexibility index (Phi) is 4.72.